The van der Waals surface area contributed by atoms with Crippen molar-refractivity contribution < 1.29 is 9.47 Å². The van der Waals surface area contributed by atoms with Crippen LogP contribution in [0.3, 0.4) is 0 Å². The lowest BCUT2D eigenvalue weighted by atomic mass is 10.00. The van der Waals surface area contributed by atoms with Crippen molar-refractivity contribution in [3.05, 3.63) is 34.9 Å². The molecule has 1 aliphatic rings. The molecule has 0 aliphatic carbocycles. The Bertz CT molecular complexity index is 445. The van der Waals surface area contributed by atoms with Gasteiger partial charge in [-0.2, -0.15) is 5.26 Å². The Labute approximate surface area is 115 Å². The lowest BCUT2D eigenvalue weighted by Crippen LogP contribution is -2.18. The summed E-state index contributed by atoms with van der Waals surface area (Å²) in [6, 6.07) is 8.23. The maximum Gasteiger partial charge on any atom is 0.185 e. The zero-order chi connectivity index (χ0) is 13.5. The molecule has 1 fully saturated rings. The molecule has 0 atom stereocenters. The van der Waals surface area contributed by atoms with E-state index >= 15 is 0 Å². The topological polar surface area (TPSA) is 42.2 Å². The highest BCUT2D eigenvalue weighted by atomic mass is 16.7. The van der Waals surface area contributed by atoms with Gasteiger partial charge in [0.15, 0.2) is 6.29 Å². The molecule has 0 amide bonds. The van der Waals surface area contributed by atoms with Crippen LogP contribution in [0.15, 0.2) is 18.2 Å². The minimum absolute atomic E-state index is 0.366. The summed E-state index contributed by atoms with van der Waals surface area (Å²) < 4.78 is 11.2. The minimum atomic E-state index is -0.366. The first-order valence-electron chi connectivity index (χ1n) is 7.11. The number of nitriles is 1. The third kappa shape index (κ3) is 3.79. The van der Waals surface area contributed by atoms with Gasteiger partial charge in [-0.25, -0.2) is 0 Å². The molecule has 0 aromatic heterocycles. The van der Waals surface area contributed by atoms with Crippen LogP contribution in [0.5, 0.6) is 0 Å². The van der Waals surface area contributed by atoms with E-state index in [2.05, 4.69) is 19.1 Å². The summed E-state index contributed by atoms with van der Waals surface area (Å²) in [7, 11) is 0. The highest BCUT2D eigenvalue weighted by Crippen LogP contribution is 2.27. The van der Waals surface area contributed by atoms with Gasteiger partial charge in [-0.3, -0.25) is 0 Å². The Balaban J connectivity index is 2.14. The molecule has 3 heteroatoms. The van der Waals surface area contributed by atoms with Gasteiger partial charge in [-0.1, -0.05) is 25.8 Å². The van der Waals surface area contributed by atoms with Gasteiger partial charge in [0.2, 0.25) is 0 Å². The maximum absolute atomic E-state index is 9.19. The van der Waals surface area contributed by atoms with E-state index in [9.17, 15) is 5.26 Å². The monoisotopic (exact) mass is 259 g/mol. The molecule has 2 rings (SSSR count). The van der Waals surface area contributed by atoms with Crippen LogP contribution in [0.4, 0.5) is 0 Å². The van der Waals surface area contributed by atoms with E-state index in [0.717, 1.165) is 18.4 Å². The molecule has 0 saturated carbocycles. The van der Waals surface area contributed by atoms with Gasteiger partial charge < -0.3 is 9.47 Å². The van der Waals surface area contributed by atoms with Gasteiger partial charge in [0.05, 0.1) is 24.8 Å². The lowest BCUT2D eigenvalue weighted by molar-refractivity contribution is -0.183. The molecule has 19 heavy (non-hydrogen) atoms. The number of hydrogen-bond donors (Lipinski definition) is 0. The second-order valence-electron chi connectivity index (χ2n) is 4.92. The van der Waals surface area contributed by atoms with Crippen molar-refractivity contribution in [3.63, 3.8) is 0 Å². The molecule has 3 nitrogen and oxygen atoms in total. The summed E-state index contributed by atoms with van der Waals surface area (Å²) in [6.07, 6.45) is 5.26. The number of aryl methyl sites for hydroxylation is 1. The molecule has 0 spiro atoms. The van der Waals surface area contributed by atoms with Gasteiger partial charge in [0.25, 0.3) is 0 Å². The minimum Gasteiger partial charge on any atom is -0.348 e. The van der Waals surface area contributed by atoms with Crippen LogP contribution in [0.1, 0.15) is 55.6 Å². The molecule has 0 N–H and O–H groups in total. The molecule has 0 unspecified atom stereocenters. The summed E-state index contributed by atoms with van der Waals surface area (Å²) >= 11 is 0. The fourth-order valence-electron chi connectivity index (χ4n) is 2.31. The van der Waals surface area contributed by atoms with Crippen LogP contribution in [0.2, 0.25) is 0 Å². The lowest BCUT2D eigenvalue weighted by Gasteiger charge is -2.24. The van der Waals surface area contributed by atoms with Gasteiger partial charge in [0, 0.05) is 5.56 Å². The van der Waals surface area contributed by atoms with E-state index in [0.29, 0.717) is 18.8 Å². The van der Waals surface area contributed by atoms with Crippen molar-refractivity contribution in [2.75, 3.05) is 13.2 Å². The number of nitrogens with zero attached hydrogens (tertiary/aromatic N) is 1. The quantitative estimate of drug-likeness (QED) is 0.757. The van der Waals surface area contributed by atoms with Gasteiger partial charge in [-0.15, -0.1) is 0 Å². The van der Waals surface area contributed by atoms with Crippen LogP contribution < -0.4 is 0 Å². The highest BCUT2D eigenvalue weighted by molar-refractivity contribution is 5.41. The molecular formula is C16H21NO2. The highest BCUT2D eigenvalue weighted by Gasteiger charge is 2.20. The fraction of sp³-hybridized carbons (Fsp3) is 0.562. The van der Waals surface area contributed by atoms with Crippen molar-refractivity contribution >= 4 is 0 Å². The molecular weight excluding hydrogens is 238 g/mol. The van der Waals surface area contributed by atoms with Crippen molar-refractivity contribution in [3.8, 4) is 6.07 Å². The average Bonchev–Trinajstić information content (AvgIpc) is 2.48. The predicted octanol–water partition coefficient (Wildman–Crippen LogP) is 3.73. The van der Waals surface area contributed by atoms with Crippen LogP contribution >= 0.6 is 0 Å². The number of rotatable bonds is 5. The molecule has 1 aliphatic heterocycles. The molecule has 102 valence electrons. The second-order valence-corrected chi connectivity index (χ2v) is 4.92. The normalized spacial score (nSPS) is 16.2. The molecule has 1 saturated heterocycles. The summed E-state index contributed by atoms with van der Waals surface area (Å²) in [5, 5.41) is 9.19. The average molecular weight is 259 g/mol. The smallest absolute Gasteiger partial charge is 0.185 e. The van der Waals surface area contributed by atoms with E-state index in [4.69, 9.17) is 9.47 Å². The number of ether oxygens (including phenoxy) is 2. The van der Waals surface area contributed by atoms with Gasteiger partial charge >= 0.3 is 0 Å². The van der Waals surface area contributed by atoms with Crippen LogP contribution in [-0.4, -0.2) is 13.2 Å². The predicted molar refractivity (Wildman–Crippen MR) is 73.6 cm³/mol. The SMILES string of the molecule is CCCCCc1ccc(C#N)c(C2OCCCO2)c1. The summed E-state index contributed by atoms with van der Waals surface area (Å²) in [4.78, 5) is 0. The van der Waals surface area contributed by atoms with Crippen LogP contribution in [0, 0.1) is 11.3 Å². The molecule has 1 aromatic carbocycles. The van der Waals surface area contributed by atoms with E-state index in [1.165, 1.54) is 24.8 Å². The Morgan fingerprint density at radius 2 is 2.05 bits per heavy atom. The first kappa shape index (κ1) is 14.0. The largest absolute Gasteiger partial charge is 0.348 e. The summed E-state index contributed by atoms with van der Waals surface area (Å²) in [5.74, 6) is 0. The summed E-state index contributed by atoms with van der Waals surface area (Å²) in [6.45, 7) is 3.61. The van der Waals surface area contributed by atoms with Crippen LogP contribution in [0.25, 0.3) is 0 Å². The van der Waals surface area contributed by atoms with Gasteiger partial charge in [0.1, 0.15) is 0 Å². The summed E-state index contributed by atoms with van der Waals surface area (Å²) in [5.41, 5.74) is 2.81. The zero-order valence-corrected chi connectivity index (χ0v) is 11.5. The van der Waals surface area contributed by atoms with E-state index in [1.54, 1.807) is 0 Å². The van der Waals surface area contributed by atoms with E-state index < -0.39 is 0 Å². The number of benzene rings is 1. The first-order chi connectivity index (χ1) is 9.35. The standard InChI is InChI=1S/C16H21NO2/c1-2-3-4-6-13-7-8-14(12-17)15(11-13)16-18-9-5-10-19-16/h7-8,11,16H,2-6,9-10H2,1H3. The van der Waals surface area contributed by atoms with Crippen LogP contribution in [-0.2, 0) is 15.9 Å². The van der Waals surface area contributed by atoms with Crippen molar-refractivity contribution in [1.29, 1.82) is 5.26 Å². The second kappa shape index (κ2) is 7.28. The molecule has 0 bridgehead atoms. The first-order valence-corrected chi connectivity index (χ1v) is 7.11. The third-order valence-corrected chi connectivity index (χ3v) is 3.39. The Morgan fingerprint density at radius 3 is 2.74 bits per heavy atom. The zero-order valence-electron chi connectivity index (χ0n) is 11.5. The fourth-order valence-corrected chi connectivity index (χ4v) is 2.31. The molecule has 1 heterocycles. The number of hydrogen-bond acceptors (Lipinski definition) is 3. The molecule has 0 radical (unpaired) electrons. The van der Waals surface area contributed by atoms with Gasteiger partial charge in [-0.05, 0) is 37.0 Å². The van der Waals surface area contributed by atoms with Crippen molar-refractivity contribution in [2.45, 2.75) is 45.3 Å². The van der Waals surface area contributed by atoms with Crippen molar-refractivity contribution in [2.24, 2.45) is 0 Å². The Hall–Kier alpha value is -1.37. The maximum atomic E-state index is 9.19. The molecule has 1 aromatic rings. The van der Waals surface area contributed by atoms with E-state index in [-0.39, 0.29) is 6.29 Å². The van der Waals surface area contributed by atoms with E-state index in [1.807, 2.05) is 12.1 Å². The van der Waals surface area contributed by atoms with Crippen molar-refractivity contribution in [1.82, 2.24) is 0 Å². The Morgan fingerprint density at radius 1 is 1.26 bits per heavy atom. The number of unbranched alkanes of at least 4 members (excludes halogenated alkanes) is 2. The third-order valence-electron chi connectivity index (χ3n) is 3.39. The Kier molecular flexibility index (Phi) is 5.38.